The minimum atomic E-state index is 0.942. The first kappa shape index (κ1) is 29.0. The second kappa shape index (κ2) is 17.8. The summed E-state index contributed by atoms with van der Waals surface area (Å²) in [5.41, 5.74) is 2.70. The molecule has 3 rings (SSSR count). The zero-order chi connectivity index (χ0) is 24.6. The summed E-state index contributed by atoms with van der Waals surface area (Å²) in [5.74, 6) is 0.992. The van der Waals surface area contributed by atoms with Crippen LogP contribution in [-0.2, 0) is 13.1 Å². The Morgan fingerprint density at radius 3 is 1.46 bits per heavy atom. The van der Waals surface area contributed by atoms with Crippen molar-refractivity contribution in [2.75, 3.05) is 112 Å². The molecule has 2 aliphatic heterocycles. The summed E-state index contributed by atoms with van der Waals surface area (Å²) in [6.07, 6.45) is 0. The lowest BCUT2D eigenvalue weighted by atomic mass is 10.1. The Bertz CT molecular complexity index is 686. The Hall–Kier alpha value is -0.570. The summed E-state index contributed by atoms with van der Waals surface area (Å²) >= 11 is 2.47. The van der Waals surface area contributed by atoms with Gasteiger partial charge < -0.3 is 36.6 Å². The number of methoxy groups -OCH3 is 1. The van der Waals surface area contributed by atoms with E-state index in [4.69, 9.17) is 4.74 Å². The SMILES string of the molecule is COc1cc(CN2CCNCCNCCNCC2)cc(CN2CCNCCNCCNCC2)c1[131I]. The summed E-state index contributed by atoms with van der Waals surface area (Å²) in [4.78, 5) is 5.12. The van der Waals surface area contributed by atoms with Crippen LogP contribution in [0.15, 0.2) is 12.1 Å². The van der Waals surface area contributed by atoms with Crippen molar-refractivity contribution in [1.29, 1.82) is 0 Å². The highest BCUT2D eigenvalue weighted by atomic mass is 131. The quantitative estimate of drug-likeness (QED) is 0.248. The second-order valence-electron chi connectivity index (χ2n) is 9.32. The third-order valence-corrected chi connectivity index (χ3v) is 7.75. The van der Waals surface area contributed by atoms with Crippen LogP contribution in [0.1, 0.15) is 11.1 Å². The Morgan fingerprint density at radius 2 is 1.03 bits per heavy atom. The molecule has 35 heavy (non-hydrogen) atoms. The maximum absolute atomic E-state index is 5.82. The predicted molar refractivity (Wildman–Crippen MR) is 153 cm³/mol. The van der Waals surface area contributed by atoms with Gasteiger partial charge in [-0.05, 0) is 39.8 Å². The predicted octanol–water partition coefficient (Wildman–Crippen LogP) is -0.531. The van der Waals surface area contributed by atoms with Gasteiger partial charge in [0.05, 0.1) is 10.7 Å². The molecule has 0 saturated carbocycles. The van der Waals surface area contributed by atoms with Crippen LogP contribution >= 0.6 is 22.6 Å². The molecule has 2 heterocycles. The molecule has 6 N–H and O–H groups in total. The number of hydrogen-bond acceptors (Lipinski definition) is 9. The Labute approximate surface area is 226 Å². The van der Waals surface area contributed by atoms with Gasteiger partial charge in [0.25, 0.3) is 0 Å². The third kappa shape index (κ3) is 11.6. The fraction of sp³-hybridized carbons (Fsp3) is 0.760. The fourth-order valence-electron chi connectivity index (χ4n) is 4.52. The molecule has 0 spiro atoms. The van der Waals surface area contributed by atoms with Crippen molar-refractivity contribution in [3.63, 3.8) is 0 Å². The normalized spacial score (nSPS) is 21.8. The monoisotopic (exact) mass is 606 g/mol. The molecule has 0 amide bonds. The van der Waals surface area contributed by atoms with Crippen molar-refractivity contribution in [1.82, 2.24) is 41.7 Å². The van der Waals surface area contributed by atoms with Gasteiger partial charge in [0.2, 0.25) is 0 Å². The molecular weight excluding hydrogens is 559 g/mol. The van der Waals surface area contributed by atoms with Gasteiger partial charge in [0, 0.05) is 118 Å². The van der Waals surface area contributed by atoms with Crippen LogP contribution < -0.4 is 36.6 Å². The lowest BCUT2D eigenvalue weighted by molar-refractivity contribution is 0.258. The third-order valence-electron chi connectivity index (χ3n) is 6.53. The van der Waals surface area contributed by atoms with Crippen LogP contribution in [0.3, 0.4) is 0 Å². The summed E-state index contributed by atoms with van der Waals surface area (Å²) in [6.45, 7) is 18.3. The first-order chi connectivity index (χ1) is 17.3. The average Bonchev–Trinajstić information content (AvgIpc) is 2.84. The van der Waals surface area contributed by atoms with E-state index < -0.39 is 0 Å². The van der Waals surface area contributed by atoms with E-state index in [0.717, 1.165) is 124 Å². The molecule has 9 nitrogen and oxygen atoms in total. The lowest BCUT2D eigenvalue weighted by Gasteiger charge is -2.26. The van der Waals surface area contributed by atoms with E-state index in [1.165, 1.54) is 14.7 Å². The fourth-order valence-corrected chi connectivity index (χ4v) is 5.22. The van der Waals surface area contributed by atoms with Gasteiger partial charge in [0.15, 0.2) is 0 Å². The number of benzene rings is 1. The molecule has 2 aliphatic rings. The molecule has 0 bridgehead atoms. The van der Waals surface area contributed by atoms with Crippen molar-refractivity contribution < 1.29 is 4.74 Å². The lowest BCUT2D eigenvalue weighted by Crippen LogP contribution is -2.41. The largest absolute Gasteiger partial charge is 0.496 e. The van der Waals surface area contributed by atoms with Crippen molar-refractivity contribution in [2.24, 2.45) is 0 Å². The van der Waals surface area contributed by atoms with Crippen molar-refractivity contribution in [3.8, 4) is 5.75 Å². The highest BCUT2D eigenvalue weighted by molar-refractivity contribution is 14.1. The van der Waals surface area contributed by atoms with E-state index >= 15 is 0 Å². The van der Waals surface area contributed by atoms with Gasteiger partial charge in [-0.25, -0.2) is 0 Å². The highest BCUT2D eigenvalue weighted by Crippen LogP contribution is 2.28. The molecule has 1 aromatic rings. The Balaban J connectivity index is 1.66. The van der Waals surface area contributed by atoms with Crippen molar-refractivity contribution >= 4 is 22.6 Å². The van der Waals surface area contributed by atoms with Gasteiger partial charge in [0.1, 0.15) is 5.75 Å². The molecule has 10 heteroatoms. The second-order valence-corrected chi connectivity index (χ2v) is 10.4. The molecular formula is C25H47IN8O. The van der Waals surface area contributed by atoms with Gasteiger partial charge in [-0.3, -0.25) is 9.80 Å². The Kier molecular flexibility index (Phi) is 14.8. The van der Waals surface area contributed by atoms with Crippen molar-refractivity contribution in [3.05, 3.63) is 26.8 Å². The molecule has 2 fully saturated rings. The maximum Gasteiger partial charge on any atom is 0.132 e. The molecule has 2 saturated heterocycles. The molecule has 200 valence electrons. The minimum Gasteiger partial charge on any atom is -0.496 e. The smallest absolute Gasteiger partial charge is 0.132 e. The number of nitrogens with one attached hydrogen (secondary N) is 6. The number of hydrogen-bond donors (Lipinski definition) is 6. The molecule has 0 atom stereocenters. The van der Waals surface area contributed by atoms with E-state index in [1.807, 2.05) is 0 Å². The molecule has 0 unspecified atom stereocenters. The standard InChI is InChI=1S/C25H47IN8O/c1-35-24-19-22(20-33-14-10-29-6-2-27-3-7-30-11-15-33)18-23(25(24)26)21-34-16-12-31-8-4-28-5-9-32-13-17-34/h18-19,27-32H,2-17,20-21H2,1H3/i26+4. The highest BCUT2D eigenvalue weighted by Gasteiger charge is 2.15. The summed E-state index contributed by atoms with van der Waals surface area (Å²) in [7, 11) is 1.79. The first-order valence-corrected chi connectivity index (χ1v) is 14.4. The molecule has 0 aliphatic carbocycles. The zero-order valence-corrected chi connectivity index (χ0v) is 23.7. The van der Waals surface area contributed by atoms with Crippen LogP contribution in [0.4, 0.5) is 0 Å². The van der Waals surface area contributed by atoms with Gasteiger partial charge >= 0.3 is 0 Å². The van der Waals surface area contributed by atoms with Crippen molar-refractivity contribution in [2.45, 2.75) is 13.1 Å². The molecule has 0 radical (unpaired) electrons. The van der Waals surface area contributed by atoms with Crippen LogP contribution in [-0.4, -0.2) is 122 Å². The first-order valence-electron chi connectivity index (χ1n) is 13.3. The molecule has 0 aromatic heterocycles. The van der Waals surface area contributed by atoms with E-state index in [2.05, 4.69) is 76.4 Å². The van der Waals surface area contributed by atoms with E-state index in [0.29, 0.717) is 0 Å². The van der Waals surface area contributed by atoms with Gasteiger partial charge in [-0.15, -0.1) is 0 Å². The maximum atomic E-state index is 5.82. The average molecular weight is 607 g/mol. The Morgan fingerprint density at radius 1 is 0.629 bits per heavy atom. The number of nitrogens with zero attached hydrogens (tertiary/aromatic N) is 2. The van der Waals surface area contributed by atoms with E-state index in [1.54, 1.807) is 7.11 Å². The molecule has 1 aromatic carbocycles. The zero-order valence-electron chi connectivity index (χ0n) is 21.6. The van der Waals surface area contributed by atoms with Gasteiger partial charge in [-0.1, -0.05) is 6.07 Å². The summed E-state index contributed by atoms with van der Waals surface area (Å²) < 4.78 is 7.05. The van der Waals surface area contributed by atoms with Crippen LogP contribution in [0.2, 0.25) is 0 Å². The van der Waals surface area contributed by atoms with Gasteiger partial charge in [-0.2, -0.15) is 0 Å². The topological polar surface area (TPSA) is 87.9 Å². The number of ether oxygens (including phenoxy) is 1. The van der Waals surface area contributed by atoms with Crippen LogP contribution in [0.5, 0.6) is 5.75 Å². The van der Waals surface area contributed by atoms with Crippen LogP contribution in [0, 0.1) is 3.57 Å². The number of rotatable bonds is 5. The van der Waals surface area contributed by atoms with E-state index in [-0.39, 0.29) is 0 Å². The summed E-state index contributed by atoms with van der Waals surface area (Å²) in [6, 6.07) is 4.64. The summed E-state index contributed by atoms with van der Waals surface area (Å²) in [5, 5.41) is 21.2. The number of halogens is 1. The van der Waals surface area contributed by atoms with E-state index in [9.17, 15) is 0 Å². The van der Waals surface area contributed by atoms with Crippen LogP contribution in [0.25, 0.3) is 0 Å². The minimum absolute atomic E-state index is 0.942.